The topological polar surface area (TPSA) is 81.2 Å². The van der Waals surface area contributed by atoms with Gasteiger partial charge in [0.25, 0.3) is 11.8 Å². The molecule has 0 fully saturated rings. The van der Waals surface area contributed by atoms with Crippen molar-refractivity contribution >= 4 is 22.9 Å². The van der Waals surface area contributed by atoms with Crippen LogP contribution in [0.2, 0.25) is 0 Å². The van der Waals surface area contributed by atoms with E-state index in [0.717, 1.165) is 11.1 Å². The van der Waals surface area contributed by atoms with Gasteiger partial charge in [-0.2, -0.15) is 4.98 Å². The van der Waals surface area contributed by atoms with E-state index in [-0.39, 0.29) is 11.7 Å². The van der Waals surface area contributed by atoms with E-state index in [9.17, 15) is 4.79 Å². The SMILES string of the molecule is Cc1cccc(-c2noc(-c3sccc3NC(=O)c3ccco3)n2)c1. The molecule has 1 amide bonds. The number of carbonyl (C=O) groups excluding carboxylic acids is 1. The Morgan fingerprint density at radius 3 is 2.92 bits per heavy atom. The van der Waals surface area contributed by atoms with Crippen LogP contribution in [-0.4, -0.2) is 16.0 Å². The van der Waals surface area contributed by atoms with Crippen LogP contribution in [0.25, 0.3) is 22.2 Å². The molecule has 1 N–H and O–H groups in total. The Morgan fingerprint density at radius 1 is 1.20 bits per heavy atom. The minimum atomic E-state index is -0.330. The molecular formula is C18H13N3O3S. The number of rotatable bonds is 4. The van der Waals surface area contributed by atoms with Crippen LogP contribution >= 0.6 is 11.3 Å². The van der Waals surface area contributed by atoms with Gasteiger partial charge in [0, 0.05) is 5.56 Å². The zero-order valence-corrected chi connectivity index (χ0v) is 14.0. The molecule has 124 valence electrons. The van der Waals surface area contributed by atoms with Crippen LogP contribution in [0.4, 0.5) is 5.69 Å². The molecule has 4 aromatic rings. The number of hydrogen-bond acceptors (Lipinski definition) is 6. The molecule has 0 aliphatic heterocycles. The first-order valence-corrected chi connectivity index (χ1v) is 8.42. The highest BCUT2D eigenvalue weighted by Gasteiger charge is 2.18. The van der Waals surface area contributed by atoms with Crippen molar-refractivity contribution < 1.29 is 13.7 Å². The summed E-state index contributed by atoms with van der Waals surface area (Å²) in [4.78, 5) is 17.3. The maximum absolute atomic E-state index is 12.2. The highest BCUT2D eigenvalue weighted by atomic mass is 32.1. The Balaban J connectivity index is 1.61. The normalized spacial score (nSPS) is 10.8. The van der Waals surface area contributed by atoms with E-state index < -0.39 is 0 Å². The minimum Gasteiger partial charge on any atom is -0.459 e. The maximum atomic E-state index is 12.2. The van der Waals surface area contributed by atoms with Gasteiger partial charge in [-0.25, -0.2) is 0 Å². The van der Waals surface area contributed by atoms with Crippen LogP contribution in [-0.2, 0) is 0 Å². The van der Waals surface area contributed by atoms with Gasteiger partial charge in [-0.15, -0.1) is 11.3 Å². The largest absolute Gasteiger partial charge is 0.459 e. The number of thiophene rings is 1. The van der Waals surface area contributed by atoms with Gasteiger partial charge >= 0.3 is 0 Å². The molecule has 7 heteroatoms. The summed E-state index contributed by atoms with van der Waals surface area (Å²) >= 11 is 1.41. The molecule has 0 radical (unpaired) electrons. The number of aromatic nitrogens is 2. The van der Waals surface area contributed by atoms with Crippen molar-refractivity contribution in [3.05, 3.63) is 65.4 Å². The summed E-state index contributed by atoms with van der Waals surface area (Å²) in [6, 6.07) is 12.9. The molecule has 25 heavy (non-hydrogen) atoms. The summed E-state index contributed by atoms with van der Waals surface area (Å²) in [5.74, 6) is 0.780. The summed E-state index contributed by atoms with van der Waals surface area (Å²) in [7, 11) is 0. The molecule has 0 aliphatic carbocycles. The first-order chi connectivity index (χ1) is 12.2. The molecule has 0 unspecified atom stereocenters. The molecule has 0 bridgehead atoms. The molecule has 1 aromatic carbocycles. The van der Waals surface area contributed by atoms with Crippen LogP contribution in [0.1, 0.15) is 16.1 Å². The number of carbonyl (C=O) groups is 1. The number of benzene rings is 1. The summed E-state index contributed by atoms with van der Waals surface area (Å²) < 4.78 is 10.5. The third-order valence-corrected chi connectivity index (χ3v) is 4.46. The Morgan fingerprint density at radius 2 is 2.12 bits per heavy atom. The van der Waals surface area contributed by atoms with Gasteiger partial charge in [0.1, 0.15) is 4.88 Å². The number of anilines is 1. The van der Waals surface area contributed by atoms with Crippen molar-refractivity contribution in [2.45, 2.75) is 6.92 Å². The third kappa shape index (κ3) is 3.09. The zero-order valence-electron chi connectivity index (χ0n) is 13.2. The standard InChI is InChI=1S/C18H13N3O3S/c1-11-4-2-5-12(10-11)16-20-18(24-21-16)15-13(7-9-25-15)19-17(22)14-6-3-8-23-14/h2-10H,1H3,(H,19,22). The lowest BCUT2D eigenvalue weighted by atomic mass is 10.1. The summed E-state index contributed by atoms with van der Waals surface area (Å²) in [5, 5.41) is 8.69. The first kappa shape index (κ1) is 15.3. The number of furan rings is 1. The summed E-state index contributed by atoms with van der Waals surface area (Å²) in [5.41, 5.74) is 2.60. The maximum Gasteiger partial charge on any atom is 0.291 e. The number of aryl methyl sites for hydroxylation is 1. The van der Waals surface area contributed by atoms with Crippen LogP contribution in [0.15, 0.2) is 63.0 Å². The molecule has 0 aliphatic rings. The van der Waals surface area contributed by atoms with Gasteiger partial charge in [-0.3, -0.25) is 4.79 Å². The Kier molecular flexibility index (Phi) is 3.91. The minimum absolute atomic E-state index is 0.239. The van der Waals surface area contributed by atoms with E-state index in [1.54, 1.807) is 18.2 Å². The monoisotopic (exact) mass is 351 g/mol. The van der Waals surface area contributed by atoms with Crippen molar-refractivity contribution in [3.8, 4) is 22.2 Å². The number of nitrogens with one attached hydrogen (secondary N) is 1. The fourth-order valence-corrected chi connectivity index (χ4v) is 3.15. The van der Waals surface area contributed by atoms with E-state index in [2.05, 4.69) is 15.5 Å². The van der Waals surface area contributed by atoms with Crippen LogP contribution in [0, 0.1) is 6.92 Å². The highest BCUT2D eigenvalue weighted by Crippen LogP contribution is 2.34. The molecule has 0 saturated carbocycles. The van der Waals surface area contributed by atoms with E-state index >= 15 is 0 Å². The van der Waals surface area contributed by atoms with Gasteiger partial charge in [-0.05, 0) is 36.6 Å². The number of amides is 1. The van der Waals surface area contributed by atoms with E-state index in [4.69, 9.17) is 8.94 Å². The lowest BCUT2D eigenvalue weighted by Crippen LogP contribution is -2.10. The van der Waals surface area contributed by atoms with E-state index in [1.165, 1.54) is 17.6 Å². The number of nitrogens with zero attached hydrogens (tertiary/aromatic N) is 2. The van der Waals surface area contributed by atoms with Crippen molar-refractivity contribution in [2.75, 3.05) is 5.32 Å². The molecule has 3 heterocycles. The lowest BCUT2D eigenvalue weighted by Gasteiger charge is -2.01. The van der Waals surface area contributed by atoms with Crippen LogP contribution < -0.4 is 5.32 Å². The summed E-state index contributed by atoms with van der Waals surface area (Å²) in [6.07, 6.45) is 1.45. The first-order valence-electron chi connectivity index (χ1n) is 7.54. The molecule has 0 saturated heterocycles. The Labute approximate surface area is 147 Å². The molecule has 6 nitrogen and oxygen atoms in total. The molecule has 4 rings (SSSR count). The van der Waals surface area contributed by atoms with Crippen molar-refractivity contribution in [1.29, 1.82) is 0 Å². The Hall–Kier alpha value is -3.19. The second kappa shape index (κ2) is 6.37. The molecule has 3 aromatic heterocycles. The van der Waals surface area contributed by atoms with Gasteiger partial charge in [0.15, 0.2) is 5.76 Å². The van der Waals surface area contributed by atoms with Crippen LogP contribution in [0.5, 0.6) is 0 Å². The van der Waals surface area contributed by atoms with Crippen molar-refractivity contribution in [3.63, 3.8) is 0 Å². The third-order valence-electron chi connectivity index (χ3n) is 3.55. The van der Waals surface area contributed by atoms with Gasteiger partial charge in [0.2, 0.25) is 5.82 Å². The quantitative estimate of drug-likeness (QED) is 0.580. The van der Waals surface area contributed by atoms with Crippen molar-refractivity contribution in [1.82, 2.24) is 10.1 Å². The van der Waals surface area contributed by atoms with Gasteiger partial charge in [-0.1, -0.05) is 28.9 Å². The predicted molar refractivity (Wildman–Crippen MR) is 94.4 cm³/mol. The van der Waals surface area contributed by atoms with Crippen LogP contribution in [0.3, 0.4) is 0 Å². The lowest BCUT2D eigenvalue weighted by molar-refractivity contribution is 0.0997. The molecule has 0 atom stereocenters. The van der Waals surface area contributed by atoms with Gasteiger partial charge < -0.3 is 14.3 Å². The average Bonchev–Trinajstić information content (AvgIpc) is 3.36. The Bertz CT molecular complexity index is 1020. The second-order valence-electron chi connectivity index (χ2n) is 5.39. The average molecular weight is 351 g/mol. The van der Waals surface area contributed by atoms with E-state index in [1.807, 2.05) is 36.6 Å². The summed E-state index contributed by atoms with van der Waals surface area (Å²) in [6.45, 7) is 2.01. The van der Waals surface area contributed by atoms with Gasteiger partial charge in [0.05, 0.1) is 12.0 Å². The predicted octanol–water partition coefficient (Wildman–Crippen LogP) is 4.62. The molecule has 0 spiro atoms. The highest BCUT2D eigenvalue weighted by molar-refractivity contribution is 7.14. The smallest absolute Gasteiger partial charge is 0.291 e. The van der Waals surface area contributed by atoms with E-state index in [0.29, 0.717) is 22.3 Å². The molecular weight excluding hydrogens is 338 g/mol. The fourth-order valence-electron chi connectivity index (χ4n) is 2.38. The number of hydrogen-bond donors (Lipinski definition) is 1. The second-order valence-corrected chi connectivity index (χ2v) is 6.30. The fraction of sp³-hybridized carbons (Fsp3) is 0.0556. The van der Waals surface area contributed by atoms with Crippen molar-refractivity contribution in [2.24, 2.45) is 0 Å². The zero-order chi connectivity index (χ0) is 17.2.